The minimum Gasteiger partial charge on any atom is -0.384 e. The Balaban J connectivity index is 1.50. The van der Waals surface area contributed by atoms with Gasteiger partial charge in [0.2, 0.25) is 5.91 Å². The summed E-state index contributed by atoms with van der Waals surface area (Å²) >= 11 is 0. The van der Waals surface area contributed by atoms with Gasteiger partial charge in [-0.25, -0.2) is 0 Å². The number of nitrogens with one attached hydrogen (secondary N) is 2. The summed E-state index contributed by atoms with van der Waals surface area (Å²) in [6.45, 7) is 1.36. The normalized spacial score (nSPS) is 30.7. The fraction of sp³-hybridized carbons (Fsp3) is 0.714. The van der Waals surface area contributed by atoms with Gasteiger partial charge >= 0.3 is 0 Å². The number of aromatic nitrogens is 1. The summed E-state index contributed by atoms with van der Waals surface area (Å²) in [6, 6.07) is 1.49. The molecule has 1 saturated carbocycles. The van der Waals surface area contributed by atoms with Crippen LogP contribution < -0.4 is 10.9 Å². The van der Waals surface area contributed by atoms with Crippen LogP contribution in [0.2, 0.25) is 0 Å². The summed E-state index contributed by atoms with van der Waals surface area (Å²) in [6.07, 6.45) is 1.92. The number of carbonyl (C=O) groups is 1. The smallest absolute Gasteiger partial charge is 0.280 e. The van der Waals surface area contributed by atoms with Crippen molar-refractivity contribution < 1.29 is 18.8 Å². The number of fused-ring (bicyclic) bond motifs is 1. The van der Waals surface area contributed by atoms with Crippen LogP contribution in [0.25, 0.3) is 0 Å². The molecular weight excluding hydrogens is 276 g/mol. The van der Waals surface area contributed by atoms with Crippen molar-refractivity contribution in [3.63, 3.8) is 0 Å². The van der Waals surface area contributed by atoms with Crippen molar-refractivity contribution >= 4 is 5.91 Å². The van der Waals surface area contributed by atoms with Crippen LogP contribution in [-0.2, 0) is 20.7 Å². The highest BCUT2D eigenvalue weighted by atomic mass is 16.5. The van der Waals surface area contributed by atoms with Crippen molar-refractivity contribution in [2.24, 2.45) is 11.8 Å². The van der Waals surface area contributed by atoms with E-state index in [2.05, 4.69) is 10.5 Å². The molecule has 1 aromatic heterocycles. The first kappa shape index (κ1) is 14.3. The van der Waals surface area contributed by atoms with Gasteiger partial charge in [-0.05, 0) is 6.42 Å². The molecule has 0 radical (unpaired) electrons. The molecule has 1 amide bonds. The quantitative estimate of drug-likeness (QED) is 0.774. The monoisotopic (exact) mass is 296 g/mol. The fourth-order valence-corrected chi connectivity index (χ4v) is 3.37. The van der Waals surface area contributed by atoms with Gasteiger partial charge < -0.3 is 19.3 Å². The van der Waals surface area contributed by atoms with E-state index >= 15 is 0 Å². The average Bonchev–Trinajstić information content (AvgIpc) is 3.07. The predicted octanol–water partition coefficient (Wildman–Crippen LogP) is 0.0666. The van der Waals surface area contributed by atoms with E-state index in [0.717, 1.165) is 13.0 Å². The van der Waals surface area contributed by atoms with Gasteiger partial charge in [-0.15, -0.1) is 0 Å². The molecule has 2 fully saturated rings. The maximum Gasteiger partial charge on any atom is 0.280 e. The molecule has 2 N–H and O–H groups in total. The first-order valence-corrected chi connectivity index (χ1v) is 7.26. The first-order valence-electron chi connectivity index (χ1n) is 7.26. The summed E-state index contributed by atoms with van der Waals surface area (Å²) in [5.74, 6) is 1.10. The SMILES string of the molecule is COC[C@H]1[C@H](NC(=O)CCc2cc(=O)[nH]o2)[C@H]2CCO[C@H]21. The Bertz CT molecular complexity index is 552. The van der Waals surface area contributed by atoms with Crippen LogP contribution in [0.15, 0.2) is 15.4 Å². The van der Waals surface area contributed by atoms with Crippen molar-refractivity contribution in [1.29, 1.82) is 0 Å². The van der Waals surface area contributed by atoms with Crippen molar-refractivity contribution in [2.75, 3.05) is 20.3 Å². The Morgan fingerprint density at radius 1 is 1.57 bits per heavy atom. The van der Waals surface area contributed by atoms with Crippen molar-refractivity contribution in [1.82, 2.24) is 10.5 Å². The molecule has 0 spiro atoms. The van der Waals surface area contributed by atoms with Gasteiger partial charge in [0.15, 0.2) is 0 Å². The van der Waals surface area contributed by atoms with E-state index in [9.17, 15) is 9.59 Å². The highest BCUT2D eigenvalue weighted by molar-refractivity contribution is 5.76. The molecule has 0 bridgehead atoms. The number of aromatic amines is 1. The Kier molecular flexibility index (Phi) is 4.12. The van der Waals surface area contributed by atoms with Crippen molar-refractivity contribution in [3.8, 4) is 0 Å². The van der Waals surface area contributed by atoms with Crippen molar-refractivity contribution in [3.05, 3.63) is 22.2 Å². The molecule has 116 valence electrons. The van der Waals surface area contributed by atoms with E-state index in [0.29, 0.717) is 31.1 Å². The van der Waals surface area contributed by atoms with Gasteiger partial charge in [-0.3, -0.25) is 9.59 Å². The second-order valence-electron chi connectivity index (χ2n) is 5.68. The number of hydrogen-bond donors (Lipinski definition) is 2. The zero-order chi connectivity index (χ0) is 14.8. The third-order valence-corrected chi connectivity index (χ3v) is 4.39. The molecule has 2 heterocycles. The van der Waals surface area contributed by atoms with Crippen LogP contribution in [0, 0.1) is 11.8 Å². The van der Waals surface area contributed by atoms with Crippen LogP contribution >= 0.6 is 0 Å². The number of carbonyl (C=O) groups excluding carboxylic acids is 1. The number of rotatable bonds is 6. The second kappa shape index (κ2) is 6.03. The second-order valence-corrected chi connectivity index (χ2v) is 5.68. The number of amides is 1. The van der Waals surface area contributed by atoms with Crippen LogP contribution in [0.4, 0.5) is 0 Å². The molecule has 0 aromatic carbocycles. The summed E-state index contributed by atoms with van der Waals surface area (Å²) in [5.41, 5.74) is -0.282. The topological polar surface area (TPSA) is 93.6 Å². The summed E-state index contributed by atoms with van der Waals surface area (Å²) in [5, 5.41) is 5.29. The number of H-pyrrole nitrogens is 1. The summed E-state index contributed by atoms with van der Waals surface area (Å²) < 4.78 is 15.8. The molecule has 4 atom stereocenters. The third kappa shape index (κ3) is 2.89. The molecule has 21 heavy (non-hydrogen) atoms. The lowest BCUT2D eigenvalue weighted by Gasteiger charge is -2.47. The van der Waals surface area contributed by atoms with E-state index in [1.807, 2.05) is 0 Å². The van der Waals surface area contributed by atoms with Gasteiger partial charge in [0.05, 0.1) is 12.7 Å². The first-order chi connectivity index (χ1) is 10.2. The van der Waals surface area contributed by atoms with Crippen LogP contribution in [0.1, 0.15) is 18.6 Å². The van der Waals surface area contributed by atoms with E-state index in [1.54, 1.807) is 7.11 Å². The largest absolute Gasteiger partial charge is 0.384 e. The van der Waals surface area contributed by atoms with E-state index in [-0.39, 0.29) is 29.5 Å². The fourth-order valence-electron chi connectivity index (χ4n) is 3.37. The number of aryl methyl sites for hydroxylation is 1. The minimum atomic E-state index is -0.282. The molecule has 1 aromatic rings. The average molecular weight is 296 g/mol. The van der Waals surface area contributed by atoms with Crippen LogP contribution in [0.5, 0.6) is 0 Å². The summed E-state index contributed by atoms with van der Waals surface area (Å²) in [4.78, 5) is 23.0. The summed E-state index contributed by atoms with van der Waals surface area (Å²) in [7, 11) is 1.66. The molecule has 0 unspecified atom stereocenters. The molecule has 1 aliphatic carbocycles. The van der Waals surface area contributed by atoms with Gasteiger partial charge in [0.1, 0.15) is 5.76 Å². The predicted molar refractivity (Wildman–Crippen MR) is 72.8 cm³/mol. The van der Waals surface area contributed by atoms with Gasteiger partial charge in [0.25, 0.3) is 5.56 Å². The van der Waals surface area contributed by atoms with E-state index < -0.39 is 0 Å². The Hall–Kier alpha value is -1.60. The molecule has 1 saturated heterocycles. The zero-order valence-corrected chi connectivity index (χ0v) is 12.0. The highest BCUT2D eigenvalue weighted by Gasteiger charge is 2.54. The van der Waals surface area contributed by atoms with Crippen LogP contribution in [-0.4, -0.2) is 43.5 Å². The third-order valence-electron chi connectivity index (χ3n) is 4.39. The molecule has 1 aliphatic heterocycles. The number of hydrogen-bond acceptors (Lipinski definition) is 5. The lowest BCUT2D eigenvalue weighted by atomic mass is 9.67. The van der Waals surface area contributed by atoms with Gasteiger partial charge in [0, 0.05) is 50.5 Å². The van der Waals surface area contributed by atoms with E-state index in [4.69, 9.17) is 14.0 Å². The molecule has 3 rings (SSSR count). The Labute approximate surface area is 121 Å². The molecule has 2 aliphatic rings. The molecule has 7 heteroatoms. The van der Waals surface area contributed by atoms with E-state index in [1.165, 1.54) is 6.07 Å². The lowest BCUT2D eigenvalue weighted by molar-refractivity contribution is -0.129. The standard InChI is InChI=1S/C14H20N2O5/c1-19-7-10-13(9-4-5-20-14(9)10)15-11(17)3-2-8-6-12(18)16-21-8/h6,9-10,13-14H,2-5,7H2,1H3,(H,15,17)(H,16,18)/t9-,10+,13-,14-/m1/s1. The Morgan fingerprint density at radius 2 is 2.43 bits per heavy atom. The highest BCUT2D eigenvalue weighted by Crippen LogP contribution is 2.43. The Morgan fingerprint density at radius 3 is 3.14 bits per heavy atom. The minimum absolute atomic E-state index is 0.0321. The molecular formula is C14H20N2O5. The van der Waals surface area contributed by atoms with Crippen molar-refractivity contribution in [2.45, 2.75) is 31.4 Å². The molecule has 7 nitrogen and oxygen atoms in total. The maximum atomic E-state index is 12.0. The maximum absolute atomic E-state index is 12.0. The van der Waals surface area contributed by atoms with Gasteiger partial charge in [-0.1, -0.05) is 0 Å². The van der Waals surface area contributed by atoms with Gasteiger partial charge in [-0.2, -0.15) is 5.16 Å². The number of ether oxygens (including phenoxy) is 2. The van der Waals surface area contributed by atoms with Crippen LogP contribution in [0.3, 0.4) is 0 Å². The zero-order valence-electron chi connectivity index (χ0n) is 12.0. The lowest BCUT2D eigenvalue weighted by Crippen LogP contribution is -2.62. The number of methoxy groups -OCH3 is 1.